The van der Waals surface area contributed by atoms with Gasteiger partial charge in [0.05, 0.1) is 19.8 Å². The van der Waals surface area contributed by atoms with Crippen molar-refractivity contribution in [2.45, 2.75) is 206 Å². The zero-order valence-electron chi connectivity index (χ0n) is 32.6. The average Bonchev–Trinajstić information content (AvgIpc) is 3.12. The molecule has 0 aliphatic heterocycles. The number of allylic oxidation sites excluding steroid dienone is 2. The van der Waals surface area contributed by atoms with E-state index < -0.39 is 51.8 Å². The maximum absolute atomic E-state index is 12.6. The molecule has 0 rings (SSSR count). The number of rotatable bonds is 39. The van der Waals surface area contributed by atoms with Gasteiger partial charge in [-0.05, 0) is 38.5 Å². The minimum absolute atomic E-state index is 0.178. The van der Waals surface area contributed by atoms with E-state index in [-0.39, 0.29) is 19.4 Å². The zero-order valence-corrected chi connectivity index (χ0v) is 33.5. The first-order valence-corrected chi connectivity index (χ1v) is 22.1. The zero-order chi connectivity index (χ0) is 37.7. The van der Waals surface area contributed by atoms with Crippen molar-refractivity contribution in [1.29, 1.82) is 0 Å². The number of ether oxygens (including phenoxy) is 2. The lowest BCUT2D eigenvalue weighted by Crippen LogP contribution is -2.29. The van der Waals surface area contributed by atoms with Crippen LogP contribution in [0.2, 0.25) is 0 Å². The third kappa shape index (κ3) is 36.8. The Morgan fingerprint density at radius 3 is 1.41 bits per heavy atom. The lowest BCUT2D eigenvalue weighted by molar-refractivity contribution is -0.161. The summed E-state index contributed by atoms with van der Waals surface area (Å²) in [5, 5.41) is 18.3. The highest BCUT2D eigenvalue weighted by molar-refractivity contribution is 7.47. The molecule has 0 aliphatic carbocycles. The number of aliphatic hydroxyl groups is 2. The molecule has 3 N–H and O–H groups in total. The summed E-state index contributed by atoms with van der Waals surface area (Å²) < 4.78 is 32.6. The monoisotopic (exact) mass is 749 g/mol. The lowest BCUT2D eigenvalue weighted by atomic mass is 10.0. The Hall–Kier alpha value is -1.29. The van der Waals surface area contributed by atoms with E-state index >= 15 is 0 Å². The van der Waals surface area contributed by atoms with Gasteiger partial charge in [-0.25, -0.2) is 4.57 Å². The number of hydrogen-bond acceptors (Lipinski definition) is 9. The summed E-state index contributed by atoms with van der Waals surface area (Å²) in [5.41, 5.74) is 0. The topological polar surface area (TPSA) is 149 Å². The molecule has 10 nitrogen and oxygen atoms in total. The largest absolute Gasteiger partial charge is 0.472 e. The van der Waals surface area contributed by atoms with E-state index in [0.717, 1.165) is 57.8 Å². The van der Waals surface area contributed by atoms with Gasteiger partial charge in [-0.1, -0.05) is 154 Å². The molecular formula is C40H77O10P. The number of unbranched alkanes of at least 4 members (excludes halogenated alkanes) is 23. The molecule has 0 aromatic rings. The average molecular weight is 749 g/mol. The van der Waals surface area contributed by atoms with Crippen molar-refractivity contribution < 1.29 is 47.8 Å². The van der Waals surface area contributed by atoms with Gasteiger partial charge in [0.15, 0.2) is 6.10 Å². The van der Waals surface area contributed by atoms with Crippen molar-refractivity contribution in [2.24, 2.45) is 0 Å². The van der Waals surface area contributed by atoms with Crippen molar-refractivity contribution in [3.05, 3.63) is 12.2 Å². The molecule has 0 fully saturated rings. The smallest absolute Gasteiger partial charge is 0.462 e. The van der Waals surface area contributed by atoms with Gasteiger partial charge in [0.2, 0.25) is 0 Å². The van der Waals surface area contributed by atoms with Crippen molar-refractivity contribution >= 4 is 19.8 Å². The Morgan fingerprint density at radius 2 is 0.961 bits per heavy atom. The second-order valence-corrected chi connectivity index (χ2v) is 15.5. The maximum atomic E-state index is 12.6. The molecule has 0 aromatic heterocycles. The SMILES string of the molecule is CCCCCCCCC=CCCCCCCCC(=O)O[C@H](COC(=O)CCCCCCCCCCCCCCC)COP(=O)(O)OC[C@@H](O)CO. The minimum Gasteiger partial charge on any atom is -0.462 e. The summed E-state index contributed by atoms with van der Waals surface area (Å²) >= 11 is 0. The summed E-state index contributed by atoms with van der Waals surface area (Å²) in [7, 11) is -4.61. The summed E-state index contributed by atoms with van der Waals surface area (Å²) in [6.07, 6.45) is 33.2. The van der Waals surface area contributed by atoms with Crippen LogP contribution in [0.1, 0.15) is 194 Å². The number of phosphoric acid groups is 1. The number of aliphatic hydroxyl groups excluding tert-OH is 2. The maximum Gasteiger partial charge on any atom is 0.472 e. The predicted molar refractivity (Wildman–Crippen MR) is 205 cm³/mol. The van der Waals surface area contributed by atoms with Gasteiger partial charge in [0, 0.05) is 12.8 Å². The van der Waals surface area contributed by atoms with Crippen LogP contribution in [0.5, 0.6) is 0 Å². The predicted octanol–water partition coefficient (Wildman–Crippen LogP) is 10.4. The summed E-state index contributed by atoms with van der Waals surface area (Å²) in [6, 6.07) is 0. The Kier molecular flexibility index (Phi) is 36.1. The first-order chi connectivity index (χ1) is 24.7. The number of carbonyl (C=O) groups is 2. The van der Waals surface area contributed by atoms with Crippen molar-refractivity contribution in [3.63, 3.8) is 0 Å². The van der Waals surface area contributed by atoms with Gasteiger partial charge in [-0.2, -0.15) is 0 Å². The fourth-order valence-corrected chi connectivity index (χ4v) is 6.48. The minimum atomic E-state index is -4.61. The van der Waals surface area contributed by atoms with E-state index in [2.05, 4.69) is 30.5 Å². The third-order valence-corrected chi connectivity index (χ3v) is 9.87. The normalized spacial score (nSPS) is 14.1. The first-order valence-electron chi connectivity index (χ1n) is 20.6. The molecule has 0 amide bonds. The van der Waals surface area contributed by atoms with E-state index in [1.807, 2.05) is 0 Å². The van der Waals surface area contributed by atoms with Crippen LogP contribution < -0.4 is 0 Å². The van der Waals surface area contributed by atoms with Gasteiger partial charge in [0.1, 0.15) is 12.7 Å². The van der Waals surface area contributed by atoms with Gasteiger partial charge >= 0.3 is 19.8 Å². The molecule has 0 saturated heterocycles. The number of carbonyl (C=O) groups excluding carboxylic acids is 2. The number of esters is 2. The van der Waals surface area contributed by atoms with Crippen molar-refractivity contribution in [1.82, 2.24) is 0 Å². The highest BCUT2D eigenvalue weighted by Gasteiger charge is 2.27. The molecule has 0 bridgehead atoms. The highest BCUT2D eigenvalue weighted by atomic mass is 31.2. The molecule has 302 valence electrons. The van der Waals surface area contributed by atoms with E-state index in [9.17, 15) is 24.2 Å². The number of hydrogen-bond donors (Lipinski definition) is 3. The molecule has 1 unspecified atom stereocenters. The Labute approximate surface area is 311 Å². The van der Waals surface area contributed by atoms with Crippen LogP contribution in [0.4, 0.5) is 0 Å². The lowest BCUT2D eigenvalue weighted by Gasteiger charge is -2.20. The second kappa shape index (κ2) is 37.0. The molecule has 0 aliphatic rings. The first kappa shape index (κ1) is 49.7. The summed E-state index contributed by atoms with van der Waals surface area (Å²) in [4.78, 5) is 34.9. The van der Waals surface area contributed by atoms with Crippen molar-refractivity contribution in [3.8, 4) is 0 Å². The standard InChI is InChI=1S/C40H77O10P/c1-3-5-7-9-11-13-15-17-18-20-22-24-26-28-30-32-40(44)50-38(36-49-51(45,46)48-34-37(42)33-41)35-47-39(43)31-29-27-25-23-21-19-16-14-12-10-8-6-4-2/h17-18,37-38,41-42H,3-16,19-36H2,1-2H3,(H,45,46)/t37-,38+/m0/s1. The van der Waals surface area contributed by atoms with E-state index in [1.54, 1.807) is 0 Å². The number of phosphoric ester groups is 1. The third-order valence-electron chi connectivity index (χ3n) is 8.92. The molecule has 51 heavy (non-hydrogen) atoms. The fourth-order valence-electron chi connectivity index (χ4n) is 5.69. The quantitative estimate of drug-likeness (QED) is 0.0240. The Bertz CT molecular complexity index is 868. The summed E-state index contributed by atoms with van der Waals surface area (Å²) in [5.74, 6) is -0.927. The van der Waals surface area contributed by atoms with Gasteiger partial charge in [-0.15, -0.1) is 0 Å². The van der Waals surface area contributed by atoms with Crippen LogP contribution >= 0.6 is 7.82 Å². The van der Waals surface area contributed by atoms with Crippen LogP contribution in [0.15, 0.2) is 12.2 Å². The summed E-state index contributed by atoms with van der Waals surface area (Å²) in [6.45, 7) is 2.37. The molecule has 0 heterocycles. The highest BCUT2D eigenvalue weighted by Crippen LogP contribution is 2.43. The van der Waals surface area contributed by atoms with Crippen LogP contribution in [0.3, 0.4) is 0 Å². The molecule has 0 radical (unpaired) electrons. The van der Waals surface area contributed by atoms with Crippen LogP contribution in [0.25, 0.3) is 0 Å². The molecule has 0 aromatic carbocycles. The Balaban J connectivity index is 4.32. The molecule has 0 saturated carbocycles. The van der Waals surface area contributed by atoms with E-state index in [4.69, 9.17) is 19.1 Å². The van der Waals surface area contributed by atoms with Gasteiger partial charge in [-0.3, -0.25) is 18.6 Å². The van der Waals surface area contributed by atoms with Crippen LogP contribution in [-0.2, 0) is 32.7 Å². The van der Waals surface area contributed by atoms with Gasteiger partial charge in [0.25, 0.3) is 0 Å². The molecule has 3 atom stereocenters. The van der Waals surface area contributed by atoms with E-state index in [0.29, 0.717) is 12.8 Å². The molecule has 0 spiro atoms. The fraction of sp³-hybridized carbons (Fsp3) is 0.900. The Morgan fingerprint density at radius 1 is 0.569 bits per heavy atom. The van der Waals surface area contributed by atoms with Crippen LogP contribution in [0, 0.1) is 0 Å². The van der Waals surface area contributed by atoms with Crippen LogP contribution in [-0.4, -0.2) is 65.7 Å². The second-order valence-electron chi connectivity index (χ2n) is 14.0. The molecule has 11 heteroatoms. The molecular weight excluding hydrogens is 671 g/mol. The van der Waals surface area contributed by atoms with Crippen molar-refractivity contribution in [2.75, 3.05) is 26.4 Å². The van der Waals surface area contributed by atoms with Gasteiger partial charge < -0.3 is 24.6 Å². The van der Waals surface area contributed by atoms with E-state index in [1.165, 1.54) is 96.3 Å².